The van der Waals surface area contributed by atoms with Crippen molar-refractivity contribution < 1.29 is 18.0 Å². The van der Waals surface area contributed by atoms with Crippen molar-refractivity contribution in [3.63, 3.8) is 0 Å². The molecule has 0 fully saturated rings. The normalized spacial score (nSPS) is 11.4. The van der Waals surface area contributed by atoms with Gasteiger partial charge in [0.05, 0.1) is 17.4 Å². The van der Waals surface area contributed by atoms with Crippen LogP contribution in [0.15, 0.2) is 60.9 Å². The summed E-state index contributed by atoms with van der Waals surface area (Å²) in [6.07, 6.45) is -1.49. The quantitative estimate of drug-likeness (QED) is 0.536. The number of anilines is 1. The lowest BCUT2D eigenvalue weighted by molar-refractivity contribution is -0.137. The topological polar surface area (TPSA) is 33.2 Å². The van der Waals surface area contributed by atoms with Crippen molar-refractivity contribution in [2.75, 3.05) is 11.9 Å². The maximum absolute atomic E-state index is 13.1. The first-order chi connectivity index (χ1) is 13.2. The highest BCUT2D eigenvalue weighted by atomic mass is 35.5. The molecule has 0 N–H and O–H groups in total. The third-order valence-electron chi connectivity index (χ3n) is 4.37. The van der Waals surface area contributed by atoms with E-state index < -0.39 is 17.6 Å². The molecule has 0 saturated heterocycles. The summed E-state index contributed by atoms with van der Waals surface area (Å²) in [5, 5.41) is -0.156. The molecule has 7 heteroatoms. The van der Waals surface area contributed by atoms with E-state index in [-0.39, 0.29) is 10.6 Å². The molecule has 0 aliphatic rings. The van der Waals surface area contributed by atoms with Gasteiger partial charge in [-0.05, 0) is 42.3 Å². The van der Waals surface area contributed by atoms with Crippen molar-refractivity contribution in [2.24, 2.45) is 0 Å². The first-order valence-corrected chi connectivity index (χ1v) is 8.72. The third-order valence-corrected chi connectivity index (χ3v) is 4.59. The second-order valence-corrected chi connectivity index (χ2v) is 6.73. The number of rotatable bonds is 3. The van der Waals surface area contributed by atoms with Crippen LogP contribution in [-0.2, 0) is 6.18 Å². The molecule has 0 saturated carbocycles. The van der Waals surface area contributed by atoms with Gasteiger partial charge in [-0.15, -0.1) is 0 Å². The van der Waals surface area contributed by atoms with Crippen LogP contribution in [-0.4, -0.2) is 17.9 Å². The van der Waals surface area contributed by atoms with E-state index in [1.165, 1.54) is 24.2 Å². The zero-order chi connectivity index (χ0) is 20.5. The van der Waals surface area contributed by atoms with Crippen LogP contribution in [0.5, 0.6) is 0 Å². The standard InChI is InChI=1S/C21H16ClF3N2O/c1-13-5-3-4-6-17(13)18-7-8-26-12-19(18)27(2)20(28)14-9-15(21(23,24)25)11-16(22)10-14/h3-12H,1-2H3. The van der Waals surface area contributed by atoms with Gasteiger partial charge in [-0.1, -0.05) is 35.9 Å². The summed E-state index contributed by atoms with van der Waals surface area (Å²) in [6.45, 7) is 1.94. The molecule has 2 aromatic carbocycles. The fourth-order valence-corrected chi connectivity index (χ4v) is 3.17. The molecule has 3 aromatic rings. The van der Waals surface area contributed by atoms with Crippen molar-refractivity contribution in [2.45, 2.75) is 13.1 Å². The molecule has 0 radical (unpaired) electrons. The number of hydrogen-bond donors (Lipinski definition) is 0. The predicted molar refractivity (Wildman–Crippen MR) is 104 cm³/mol. The number of alkyl halides is 3. The van der Waals surface area contributed by atoms with Gasteiger partial charge in [-0.3, -0.25) is 9.78 Å². The average Bonchev–Trinajstić information content (AvgIpc) is 2.66. The van der Waals surface area contributed by atoms with E-state index in [1.807, 2.05) is 31.2 Å². The Kier molecular flexibility index (Phi) is 5.42. The maximum atomic E-state index is 13.1. The van der Waals surface area contributed by atoms with Gasteiger partial charge < -0.3 is 4.90 Å². The molecule has 3 rings (SSSR count). The van der Waals surface area contributed by atoms with Gasteiger partial charge in [0.15, 0.2) is 0 Å². The molecule has 144 valence electrons. The smallest absolute Gasteiger partial charge is 0.309 e. The fourth-order valence-electron chi connectivity index (χ4n) is 2.94. The number of aryl methyl sites for hydroxylation is 1. The SMILES string of the molecule is Cc1ccccc1-c1ccncc1N(C)C(=O)c1cc(Cl)cc(C(F)(F)F)c1. The minimum atomic E-state index is -4.60. The molecule has 0 aliphatic carbocycles. The summed E-state index contributed by atoms with van der Waals surface area (Å²) in [5.41, 5.74) is 2.01. The summed E-state index contributed by atoms with van der Waals surface area (Å²) in [4.78, 5) is 18.3. The molecule has 0 bridgehead atoms. The van der Waals surface area contributed by atoms with E-state index in [0.29, 0.717) is 5.69 Å². The van der Waals surface area contributed by atoms with E-state index in [1.54, 1.807) is 12.3 Å². The van der Waals surface area contributed by atoms with Crippen LogP contribution in [0.1, 0.15) is 21.5 Å². The molecular formula is C21H16ClF3N2O. The Labute approximate surface area is 165 Å². The average molecular weight is 405 g/mol. The zero-order valence-corrected chi connectivity index (χ0v) is 15.8. The molecule has 1 amide bonds. The number of benzene rings is 2. The number of aromatic nitrogens is 1. The first kappa shape index (κ1) is 19.9. The first-order valence-electron chi connectivity index (χ1n) is 8.34. The molecule has 0 atom stereocenters. The van der Waals surface area contributed by atoms with Gasteiger partial charge in [0, 0.05) is 29.4 Å². The van der Waals surface area contributed by atoms with Crippen LogP contribution in [0, 0.1) is 6.92 Å². The summed E-state index contributed by atoms with van der Waals surface area (Å²) < 4.78 is 39.2. The number of carbonyl (C=O) groups excluding carboxylic acids is 1. The van der Waals surface area contributed by atoms with E-state index in [9.17, 15) is 18.0 Å². The lowest BCUT2D eigenvalue weighted by atomic mass is 9.99. The van der Waals surface area contributed by atoms with Gasteiger partial charge in [0.1, 0.15) is 0 Å². The minimum Gasteiger partial charge on any atom is -0.309 e. The minimum absolute atomic E-state index is 0.151. The number of amides is 1. The Balaban J connectivity index is 2.05. The van der Waals surface area contributed by atoms with Gasteiger partial charge in [-0.2, -0.15) is 13.2 Å². The molecule has 3 nitrogen and oxygen atoms in total. The third kappa shape index (κ3) is 4.02. The zero-order valence-electron chi connectivity index (χ0n) is 15.1. The fraction of sp³-hybridized carbons (Fsp3) is 0.143. The van der Waals surface area contributed by atoms with Crippen LogP contribution in [0.2, 0.25) is 5.02 Å². The largest absolute Gasteiger partial charge is 0.416 e. The monoisotopic (exact) mass is 404 g/mol. The van der Waals surface area contributed by atoms with Gasteiger partial charge in [-0.25, -0.2) is 0 Å². The summed E-state index contributed by atoms with van der Waals surface area (Å²) >= 11 is 5.82. The second kappa shape index (κ2) is 7.64. The lowest BCUT2D eigenvalue weighted by Crippen LogP contribution is -2.27. The number of hydrogen-bond acceptors (Lipinski definition) is 2. The Morgan fingerprint density at radius 3 is 2.46 bits per heavy atom. The predicted octanol–water partition coefficient (Wildman–Crippen LogP) is 6.01. The van der Waals surface area contributed by atoms with Crippen molar-refractivity contribution in [3.05, 3.63) is 82.6 Å². The number of nitrogens with zero attached hydrogens (tertiary/aromatic N) is 2. The second-order valence-electron chi connectivity index (χ2n) is 6.30. The van der Waals surface area contributed by atoms with E-state index in [0.717, 1.165) is 28.8 Å². The van der Waals surface area contributed by atoms with Gasteiger partial charge >= 0.3 is 6.18 Å². The van der Waals surface area contributed by atoms with Crippen LogP contribution in [0.4, 0.5) is 18.9 Å². The summed E-state index contributed by atoms with van der Waals surface area (Å²) in [6, 6.07) is 12.2. The molecular weight excluding hydrogens is 389 g/mol. The van der Waals surface area contributed by atoms with Crippen molar-refractivity contribution in [1.82, 2.24) is 4.98 Å². The Bertz CT molecular complexity index is 1030. The Morgan fingerprint density at radius 2 is 1.79 bits per heavy atom. The van der Waals surface area contributed by atoms with E-state index in [2.05, 4.69) is 4.98 Å². The molecule has 0 unspecified atom stereocenters. The van der Waals surface area contributed by atoms with Gasteiger partial charge in [0.2, 0.25) is 0 Å². The van der Waals surface area contributed by atoms with Crippen LogP contribution in [0.25, 0.3) is 11.1 Å². The Morgan fingerprint density at radius 1 is 1.07 bits per heavy atom. The molecule has 0 spiro atoms. The molecule has 1 heterocycles. The van der Waals surface area contributed by atoms with Gasteiger partial charge in [0.25, 0.3) is 5.91 Å². The van der Waals surface area contributed by atoms with E-state index >= 15 is 0 Å². The number of carbonyl (C=O) groups is 1. The molecule has 0 aliphatic heterocycles. The van der Waals surface area contributed by atoms with Crippen LogP contribution < -0.4 is 4.90 Å². The Hall–Kier alpha value is -2.86. The number of pyridine rings is 1. The summed E-state index contributed by atoms with van der Waals surface area (Å²) in [5.74, 6) is -0.615. The molecule has 1 aromatic heterocycles. The van der Waals surface area contributed by atoms with Crippen molar-refractivity contribution in [1.29, 1.82) is 0 Å². The van der Waals surface area contributed by atoms with E-state index in [4.69, 9.17) is 11.6 Å². The highest BCUT2D eigenvalue weighted by molar-refractivity contribution is 6.31. The summed E-state index contributed by atoms with van der Waals surface area (Å²) in [7, 11) is 1.50. The van der Waals surface area contributed by atoms with Crippen LogP contribution >= 0.6 is 11.6 Å². The highest BCUT2D eigenvalue weighted by Crippen LogP contribution is 2.34. The lowest BCUT2D eigenvalue weighted by Gasteiger charge is -2.22. The van der Waals surface area contributed by atoms with Crippen molar-refractivity contribution in [3.8, 4) is 11.1 Å². The van der Waals surface area contributed by atoms with Crippen molar-refractivity contribution >= 4 is 23.2 Å². The van der Waals surface area contributed by atoms with Crippen LogP contribution in [0.3, 0.4) is 0 Å². The maximum Gasteiger partial charge on any atom is 0.416 e. The highest BCUT2D eigenvalue weighted by Gasteiger charge is 2.32. The number of halogens is 4. The molecule has 28 heavy (non-hydrogen) atoms.